The van der Waals surface area contributed by atoms with Gasteiger partial charge in [0, 0.05) is 12.8 Å². The molecule has 0 aliphatic carbocycles. The van der Waals surface area contributed by atoms with Gasteiger partial charge in [-0.15, -0.1) is 0 Å². The van der Waals surface area contributed by atoms with Gasteiger partial charge >= 0.3 is 0 Å². The van der Waals surface area contributed by atoms with E-state index in [1.54, 1.807) is 7.11 Å². The highest BCUT2D eigenvalue weighted by atomic mass is 16.5. The Hall–Kier alpha value is -1.22. The highest BCUT2D eigenvalue weighted by molar-refractivity contribution is 5.55. The summed E-state index contributed by atoms with van der Waals surface area (Å²) < 4.78 is 10.4. The predicted octanol–water partition coefficient (Wildman–Crippen LogP) is 1.91. The topological polar surface area (TPSA) is 44.5 Å². The molecule has 0 aromatic heterocycles. The van der Waals surface area contributed by atoms with Gasteiger partial charge in [0.15, 0.2) is 0 Å². The van der Waals surface area contributed by atoms with Crippen LogP contribution < -0.4 is 10.5 Å². The number of hydrogen-bond donors (Lipinski definition) is 1. The monoisotopic (exact) mass is 195 g/mol. The molecule has 1 rings (SSSR count). The molecular formula is C11H17NO2. The molecule has 3 nitrogen and oxygen atoms in total. The predicted molar refractivity (Wildman–Crippen MR) is 57.7 cm³/mol. The first-order chi connectivity index (χ1) is 6.65. The van der Waals surface area contributed by atoms with Crippen molar-refractivity contribution < 1.29 is 9.47 Å². The van der Waals surface area contributed by atoms with Crippen LogP contribution in [0.2, 0.25) is 0 Å². The van der Waals surface area contributed by atoms with Crippen LogP contribution in [0.5, 0.6) is 5.75 Å². The molecule has 1 aromatic rings. The molecule has 0 bridgehead atoms. The molecule has 0 heterocycles. The Morgan fingerprint density at radius 1 is 1.14 bits per heavy atom. The molecule has 2 N–H and O–H groups in total. The SMILES string of the molecule is COCCOc1cc(C)c(N)c(C)c1. The molecule has 3 heteroatoms. The fourth-order valence-corrected chi connectivity index (χ4v) is 1.26. The summed E-state index contributed by atoms with van der Waals surface area (Å²) in [6.07, 6.45) is 0. The second kappa shape index (κ2) is 4.86. The molecule has 0 radical (unpaired) electrons. The van der Waals surface area contributed by atoms with Gasteiger partial charge in [0.25, 0.3) is 0 Å². The second-order valence-electron chi connectivity index (χ2n) is 3.31. The standard InChI is InChI=1S/C11H17NO2/c1-8-6-10(14-5-4-13-3)7-9(2)11(8)12/h6-7H,4-5,12H2,1-3H3. The maximum absolute atomic E-state index is 5.83. The van der Waals surface area contributed by atoms with Gasteiger partial charge in [-0.3, -0.25) is 0 Å². The van der Waals surface area contributed by atoms with E-state index in [9.17, 15) is 0 Å². The van der Waals surface area contributed by atoms with Crippen LogP contribution in [0.1, 0.15) is 11.1 Å². The van der Waals surface area contributed by atoms with Crippen molar-refractivity contribution in [1.29, 1.82) is 0 Å². The molecule has 0 aliphatic rings. The number of hydrogen-bond acceptors (Lipinski definition) is 3. The maximum atomic E-state index is 5.83. The van der Waals surface area contributed by atoms with Gasteiger partial charge in [-0.2, -0.15) is 0 Å². The van der Waals surface area contributed by atoms with Crippen LogP contribution in [0.25, 0.3) is 0 Å². The highest BCUT2D eigenvalue weighted by Gasteiger charge is 2.01. The number of nitrogens with two attached hydrogens (primary N) is 1. The lowest BCUT2D eigenvalue weighted by Gasteiger charge is -2.10. The summed E-state index contributed by atoms with van der Waals surface area (Å²) in [5.74, 6) is 0.853. The number of benzene rings is 1. The molecule has 0 saturated carbocycles. The van der Waals surface area contributed by atoms with Crippen molar-refractivity contribution in [3.05, 3.63) is 23.3 Å². The molecule has 0 atom stereocenters. The van der Waals surface area contributed by atoms with E-state index in [2.05, 4.69) is 0 Å². The fraction of sp³-hybridized carbons (Fsp3) is 0.455. The van der Waals surface area contributed by atoms with Crippen molar-refractivity contribution in [3.8, 4) is 5.75 Å². The Bertz CT molecular complexity index is 287. The largest absolute Gasteiger partial charge is 0.491 e. The zero-order valence-electron chi connectivity index (χ0n) is 8.96. The van der Waals surface area contributed by atoms with Crippen molar-refractivity contribution in [2.45, 2.75) is 13.8 Å². The van der Waals surface area contributed by atoms with E-state index in [1.165, 1.54) is 0 Å². The minimum Gasteiger partial charge on any atom is -0.491 e. The highest BCUT2D eigenvalue weighted by Crippen LogP contribution is 2.23. The van der Waals surface area contributed by atoms with Gasteiger partial charge in [0.05, 0.1) is 6.61 Å². The maximum Gasteiger partial charge on any atom is 0.120 e. The van der Waals surface area contributed by atoms with Crippen LogP contribution in [-0.2, 0) is 4.74 Å². The quantitative estimate of drug-likeness (QED) is 0.589. The molecule has 0 aliphatic heterocycles. The molecular weight excluding hydrogens is 178 g/mol. The number of methoxy groups -OCH3 is 1. The van der Waals surface area contributed by atoms with E-state index >= 15 is 0 Å². The summed E-state index contributed by atoms with van der Waals surface area (Å²) in [5.41, 5.74) is 8.77. The zero-order chi connectivity index (χ0) is 10.6. The van der Waals surface area contributed by atoms with Gasteiger partial charge in [-0.05, 0) is 37.1 Å². The summed E-state index contributed by atoms with van der Waals surface area (Å²) in [7, 11) is 1.66. The minimum atomic E-state index is 0.569. The second-order valence-corrected chi connectivity index (χ2v) is 3.31. The van der Waals surface area contributed by atoms with Gasteiger partial charge < -0.3 is 15.2 Å². The Labute approximate surface area is 84.8 Å². The first kappa shape index (κ1) is 10.9. The van der Waals surface area contributed by atoms with E-state index in [1.807, 2.05) is 26.0 Å². The average molecular weight is 195 g/mol. The first-order valence-corrected chi connectivity index (χ1v) is 4.63. The lowest BCUT2D eigenvalue weighted by molar-refractivity contribution is 0.146. The Kier molecular flexibility index (Phi) is 3.77. The Morgan fingerprint density at radius 3 is 2.21 bits per heavy atom. The van der Waals surface area contributed by atoms with Crippen LogP contribution in [0.4, 0.5) is 5.69 Å². The summed E-state index contributed by atoms with van der Waals surface area (Å²) >= 11 is 0. The number of aryl methyl sites for hydroxylation is 2. The van der Waals surface area contributed by atoms with Crippen molar-refractivity contribution in [1.82, 2.24) is 0 Å². The molecule has 0 saturated heterocycles. The third kappa shape index (κ3) is 2.64. The van der Waals surface area contributed by atoms with Gasteiger partial charge in [0.1, 0.15) is 12.4 Å². The Morgan fingerprint density at radius 2 is 1.71 bits per heavy atom. The first-order valence-electron chi connectivity index (χ1n) is 4.63. The van der Waals surface area contributed by atoms with Gasteiger partial charge in [0.2, 0.25) is 0 Å². The van der Waals surface area contributed by atoms with E-state index in [0.29, 0.717) is 13.2 Å². The molecule has 0 fully saturated rings. The van der Waals surface area contributed by atoms with Crippen LogP contribution in [0.3, 0.4) is 0 Å². The van der Waals surface area contributed by atoms with Crippen molar-refractivity contribution in [2.24, 2.45) is 0 Å². The van der Waals surface area contributed by atoms with Crippen LogP contribution >= 0.6 is 0 Å². The third-order valence-corrected chi connectivity index (χ3v) is 2.12. The van der Waals surface area contributed by atoms with E-state index in [4.69, 9.17) is 15.2 Å². The molecule has 78 valence electrons. The van der Waals surface area contributed by atoms with Crippen molar-refractivity contribution >= 4 is 5.69 Å². The molecule has 0 unspecified atom stereocenters. The van der Waals surface area contributed by atoms with Gasteiger partial charge in [-0.1, -0.05) is 0 Å². The molecule has 0 spiro atoms. The minimum absolute atomic E-state index is 0.569. The van der Waals surface area contributed by atoms with E-state index in [0.717, 1.165) is 22.6 Å². The lowest BCUT2D eigenvalue weighted by atomic mass is 10.1. The fourth-order valence-electron chi connectivity index (χ4n) is 1.26. The molecule has 14 heavy (non-hydrogen) atoms. The zero-order valence-corrected chi connectivity index (χ0v) is 8.96. The average Bonchev–Trinajstić information content (AvgIpc) is 2.14. The molecule has 1 aromatic carbocycles. The summed E-state index contributed by atoms with van der Waals surface area (Å²) in [6, 6.07) is 3.88. The normalized spacial score (nSPS) is 10.2. The molecule has 0 amide bonds. The van der Waals surface area contributed by atoms with Crippen LogP contribution in [0, 0.1) is 13.8 Å². The van der Waals surface area contributed by atoms with Crippen LogP contribution in [0.15, 0.2) is 12.1 Å². The van der Waals surface area contributed by atoms with E-state index < -0.39 is 0 Å². The summed E-state index contributed by atoms with van der Waals surface area (Å²) in [4.78, 5) is 0. The van der Waals surface area contributed by atoms with E-state index in [-0.39, 0.29) is 0 Å². The van der Waals surface area contributed by atoms with Gasteiger partial charge in [-0.25, -0.2) is 0 Å². The number of anilines is 1. The summed E-state index contributed by atoms with van der Waals surface area (Å²) in [5, 5.41) is 0. The van der Waals surface area contributed by atoms with Crippen molar-refractivity contribution in [2.75, 3.05) is 26.1 Å². The summed E-state index contributed by atoms with van der Waals surface area (Å²) in [6.45, 7) is 5.12. The number of nitrogen functional groups attached to an aromatic ring is 1. The smallest absolute Gasteiger partial charge is 0.120 e. The number of ether oxygens (including phenoxy) is 2. The Balaban J connectivity index is 2.69. The van der Waals surface area contributed by atoms with Crippen LogP contribution in [-0.4, -0.2) is 20.3 Å². The number of rotatable bonds is 4. The lowest BCUT2D eigenvalue weighted by Crippen LogP contribution is -2.05. The van der Waals surface area contributed by atoms with Crippen molar-refractivity contribution in [3.63, 3.8) is 0 Å². The third-order valence-electron chi connectivity index (χ3n) is 2.12.